The zero-order chi connectivity index (χ0) is 3.91. The Balaban J connectivity index is 0.000000250. The van der Waals surface area contributed by atoms with Gasteiger partial charge in [0.15, 0.2) is 0 Å². The van der Waals surface area contributed by atoms with Crippen LogP contribution in [-0.2, 0) is 0 Å². The zero-order valence-electron chi connectivity index (χ0n) is 4.12. The Labute approximate surface area is 50.1 Å². The first-order valence-electron chi connectivity index (χ1n) is 1.85. The second-order valence-electron chi connectivity index (χ2n) is 2.05. The Morgan fingerprint density at radius 3 is 1.67 bits per heavy atom. The van der Waals surface area contributed by atoms with Crippen LogP contribution in [0.3, 0.4) is 0 Å². The van der Waals surface area contributed by atoms with Gasteiger partial charge in [0.1, 0.15) is 0 Å². The molecular formula is C4H10S2. The first-order chi connectivity index (χ1) is 2.21. The molecule has 0 spiro atoms. The van der Waals surface area contributed by atoms with Crippen LogP contribution in [0.5, 0.6) is 0 Å². The van der Waals surface area contributed by atoms with E-state index in [9.17, 15) is 0 Å². The second kappa shape index (κ2) is 1.66. The highest BCUT2D eigenvalue weighted by Crippen LogP contribution is 2.42. The van der Waals surface area contributed by atoms with Crippen molar-refractivity contribution in [1.82, 2.24) is 0 Å². The molecule has 38 valence electrons. The van der Waals surface area contributed by atoms with Crippen molar-refractivity contribution in [3.8, 4) is 0 Å². The fourth-order valence-corrected chi connectivity index (χ4v) is 0.433. The predicted molar refractivity (Wildman–Crippen MR) is 36.9 cm³/mol. The van der Waals surface area contributed by atoms with Crippen LogP contribution < -0.4 is 0 Å². The van der Waals surface area contributed by atoms with E-state index in [2.05, 4.69) is 13.8 Å². The van der Waals surface area contributed by atoms with Crippen molar-refractivity contribution in [3.05, 3.63) is 0 Å². The van der Waals surface area contributed by atoms with Gasteiger partial charge in [0, 0.05) is 10.5 Å². The van der Waals surface area contributed by atoms with Gasteiger partial charge in [0.05, 0.1) is 0 Å². The summed E-state index contributed by atoms with van der Waals surface area (Å²) in [5.41, 5.74) is 0. The molecule has 1 heterocycles. The molecule has 0 aliphatic carbocycles. The molecular weight excluding hydrogens is 112 g/mol. The van der Waals surface area contributed by atoms with Gasteiger partial charge >= 0.3 is 0 Å². The van der Waals surface area contributed by atoms with E-state index < -0.39 is 0 Å². The summed E-state index contributed by atoms with van der Waals surface area (Å²) in [6.45, 7) is 4.52. The molecule has 1 rings (SSSR count). The molecule has 0 N–H and O–H groups in total. The molecule has 0 saturated carbocycles. The van der Waals surface area contributed by atoms with Gasteiger partial charge in [-0.2, -0.15) is 25.3 Å². The first kappa shape index (κ1) is 6.70. The highest BCUT2D eigenvalue weighted by atomic mass is 32.2. The Bertz CT molecular complexity index is 43.5. The minimum absolute atomic E-state index is 0. The highest BCUT2D eigenvalue weighted by Gasteiger charge is 2.31. The van der Waals surface area contributed by atoms with Crippen molar-refractivity contribution >= 4 is 25.3 Å². The van der Waals surface area contributed by atoms with Crippen molar-refractivity contribution in [1.29, 1.82) is 0 Å². The maximum atomic E-state index is 2.26. The van der Waals surface area contributed by atoms with Crippen molar-refractivity contribution < 1.29 is 0 Å². The van der Waals surface area contributed by atoms with E-state index in [4.69, 9.17) is 0 Å². The van der Waals surface area contributed by atoms with Crippen LogP contribution in [0.25, 0.3) is 0 Å². The molecule has 1 fully saturated rings. The van der Waals surface area contributed by atoms with E-state index in [1.807, 2.05) is 11.8 Å². The van der Waals surface area contributed by atoms with E-state index in [0.717, 1.165) is 0 Å². The van der Waals surface area contributed by atoms with Crippen molar-refractivity contribution in [3.63, 3.8) is 0 Å². The van der Waals surface area contributed by atoms with Gasteiger partial charge in [-0.1, -0.05) is 0 Å². The zero-order valence-corrected chi connectivity index (χ0v) is 5.93. The number of thioether (sulfide) groups is 1. The third-order valence-corrected chi connectivity index (χ3v) is 2.17. The maximum absolute atomic E-state index is 2.26. The molecule has 0 radical (unpaired) electrons. The molecule has 0 bridgehead atoms. The summed E-state index contributed by atoms with van der Waals surface area (Å²) in [6.07, 6.45) is 0. The molecule has 6 heavy (non-hydrogen) atoms. The van der Waals surface area contributed by atoms with Crippen LogP contribution >= 0.6 is 25.3 Å². The van der Waals surface area contributed by atoms with E-state index in [0.29, 0.717) is 4.75 Å². The number of rotatable bonds is 0. The monoisotopic (exact) mass is 122 g/mol. The van der Waals surface area contributed by atoms with Crippen LogP contribution in [-0.4, -0.2) is 10.5 Å². The lowest BCUT2D eigenvalue weighted by Crippen LogP contribution is -1.88. The Hall–Kier alpha value is 0.700. The molecule has 0 atom stereocenters. The maximum Gasteiger partial charge on any atom is 0.0194 e. The second-order valence-corrected chi connectivity index (χ2v) is 3.73. The minimum atomic E-state index is 0. The van der Waals surface area contributed by atoms with Crippen LogP contribution in [0.4, 0.5) is 0 Å². The standard InChI is InChI=1S/C4H8S.H2S/c1-4(2)3-5-4;/h3H2,1-2H3;1H2. The topological polar surface area (TPSA) is 0 Å². The molecule has 1 aliphatic heterocycles. The van der Waals surface area contributed by atoms with Gasteiger partial charge in [0.2, 0.25) is 0 Å². The van der Waals surface area contributed by atoms with Crippen LogP contribution in [0.2, 0.25) is 0 Å². The van der Waals surface area contributed by atoms with E-state index in [1.54, 1.807) is 0 Å². The predicted octanol–water partition coefficient (Wildman–Crippen LogP) is 1.62. The van der Waals surface area contributed by atoms with Crippen molar-refractivity contribution in [2.45, 2.75) is 18.6 Å². The summed E-state index contributed by atoms with van der Waals surface area (Å²) in [5, 5.41) is 0. The van der Waals surface area contributed by atoms with Crippen molar-refractivity contribution in [2.75, 3.05) is 5.75 Å². The van der Waals surface area contributed by atoms with Crippen LogP contribution in [0, 0.1) is 0 Å². The normalized spacial score (nSPS) is 25.0. The Morgan fingerprint density at radius 1 is 1.50 bits per heavy atom. The number of hydrogen-bond donors (Lipinski definition) is 0. The van der Waals surface area contributed by atoms with Gasteiger partial charge in [-0.3, -0.25) is 0 Å². The summed E-state index contributed by atoms with van der Waals surface area (Å²) in [5.74, 6) is 1.37. The molecule has 0 unspecified atom stereocenters. The third kappa shape index (κ3) is 1.98. The minimum Gasteiger partial charge on any atom is -0.197 e. The van der Waals surface area contributed by atoms with Gasteiger partial charge in [-0.25, -0.2) is 0 Å². The fourth-order valence-electron chi connectivity index (χ4n) is 0.144. The van der Waals surface area contributed by atoms with Gasteiger partial charge in [-0.15, -0.1) is 0 Å². The largest absolute Gasteiger partial charge is 0.197 e. The summed E-state index contributed by atoms with van der Waals surface area (Å²) in [6, 6.07) is 0. The van der Waals surface area contributed by atoms with Gasteiger partial charge in [0.25, 0.3) is 0 Å². The molecule has 0 aromatic rings. The van der Waals surface area contributed by atoms with Gasteiger partial charge < -0.3 is 0 Å². The molecule has 1 saturated heterocycles. The molecule has 0 amide bonds. The first-order valence-corrected chi connectivity index (χ1v) is 2.83. The lowest BCUT2D eigenvalue weighted by Gasteiger charge is -1.83. The Kier molecular flexibility index (Phi) is 1.86. The molecule has 0 nitrogen and oxygen atoms in total. The third-order valence-electron chi connectivity index (χ3n) is 0.722. The van der Waals surface area contributed by atoms with Crippen LogP contribution in [0.1, 0.15) is 13.8 Å². The smallest absolute Gasteiger partial charge is 0.0194 e. The van der Waals surface area contributed by atoms with E-state index >= 15 is 0 Å². The van der Waals surface area contributed by atoms with E-state index in [1.165, 1.54) is 5.75 Å². The molecule has 0 aromatic heterocycles. The fraction of sp³-hybridized carbons (Fsp3) is 1.00. The average Bonchev–Trinajstić information content (AvgIpc) is 1.76. The van der Waals surface area contributed by atoms with Crippen molar-refractivity contribution in [2.24, 2.45) is 0 Å². The lowest BCUT2D eigenvalue weighted by molar-refractivity contribution is 0.906. The molecule has 2 heteroatoms. The summed E-state index contributed by atoms with van der Waals surface area (Å²) in [4.78, 5) is 0. The lowest BCUT2D eigenvalue weighted by atomic mass is 10.3. The van der Waals surface area contributed by atoms with Crippen LogP contribution in [0.15, 0.2) is 0 Å². The Morgan fingerprint density at radius 2 is 1.67 bits per heavy atom. The summed E-state index contributed by atoms with van der Waals surface area (Å²) in [7, 11) is 0. The average molecular weight is 122 g/mol. The highest BCUT2D eigenvalue weighted by molar-refractivity contribution is 8.07. The van der Waals surface area contributed by atoms with E-state index in [-0.39, 0.29) is 13.5 Å². The van der Waals surface area contributed by atoms with Gasteiger partial charge in [-0.05, 0) is 13.8 Å². The molecule has 1 aliphatic rings. The summed E-state index contributed by atoms with van der Waals surface area (Å²) < 4.78 is 0.667. The molecule has 0 aromatic carbocycles. The quantitative estimate of drug-likeness (QED) is 0.440. The number of hydrogen-bond acceptors (Lipinski definition) is 1. The SMILES string of the molecule is CC1(C)CS1.S. The summed E-state index contributed by atoms with van der Waals surface area (Å²) >= 11 is 2.03.